The zero-order chi connectivity index (χ0) is 20.8. The van der Waals surface area contributed by atoms with Crippen molar-refractivity contribution in [2.75, 3.05) is 40.5 Å². The van der Waals surface area contributed by atoms with E-state index < -0.39 is 0 Å². The Morgan fingerprint density at radius 1 is 1.17 bits per heavy atom. The number of ketones is 1. The fourth-order valence-electron chi connectivity index (χ4n) is 3.21. The van der Waals surface area contributed by atoms with Crippen LogP contribution in [0.2, 0.25) is 0 Å². The van der Waals surface area contributed by atoms with E-state index in [1.165, 1.54) is 20.3 Å². The van der Waals surface area contributed by atoms with Crippen LogP contribution in [0.25, 0.3) is 6.08 Å². The fraction of sp³-hybridized carbons (Fsp3) is 0.318. The van der Waals surface area contributed by atoms with E-state index in [-0.39, 0.29) is 22.8 Å². The molecule has 0 aromatic heterocycles. The summed E-state index contributed by atoms with van der Waals surface area (Å²) in [5, 5.41) is 11.0. The molecule has 154 valence electrons. The van der Waals surface area contributed by atoms with Gasteiger partial charge in [-0.15, -0.1) is 0 Å². The minimum absolute atomic E-state index is 0.113. The number of carbonyl (C=O) groups is 1. The van der Waals surface area contributed by atoms with Gasteiger partial charge >= 0.3 is 0 Å². The summed E-state index contributed by atoms with van der Waals surface area (Å²) in [6.07, 6.45) is 3.14. The van der Waals surface area contributed by atoms with Crippen LogP contribution in [-0.4, -0.2) is 56.3 Å². The number of allylic oxidation sites excluding steroid dienone is 1. The number of carbonyl (C=O) groups excluding carboxylic acids is 1. The predicted octanol–water partition coefficient (Wildman–Crippen LogP) is 3.90. The summed E-state index contributed by atoms with van der Waals surface area (Å²) in [7, 11) is 3.00. The van der Waals surface area contributed by atoms with Gasteiger partial charge < -0.3 is 19.3 Å². The average molecular weight is 462 g/mol. The van der Waals surface area contributed by atoms with Gasteiger partial charge in [0.25, 0.3) is 0 Å². The van der Waals surface area contributed by atoms with Gasteiger partial charge in [0.05, 0.1) is 33.0 Å². The van der Waals surface area contributed by atoms with Gasteiger partial charge in [0.2, 0.25) is 0 Å². The van der Waals surface area contributed by atoms with E-state index >= 15 is 0 Å². The van der Waals surface area contributed by atoms with Gasteiger partial charge in [-0.05, 0) is 23.8 Å². The van der Waals surface area contributed by atoms with Gasteiger partial charge in [-0.3, -0.25) is 9.69 Å². The summed E-state index contributed by atoms with van der Waals surface area (Å²) >= 11 is 3.39. The molecule has 2 aromatic rings. The fourth-order valence-corrected chi connectivity index (χ4v) is 3.47. The summed E-state index contributed by atoms with van der Waals surface area (Å²) in [5.41, 5.74) is 1.57. The van der Waals surface area contributed by atoms with Crippen molar-refractivity contribution >= 4 is 27.8 Å². The zero-order valence-corrected chi connectivity index (χ0v) is 18.1. The van der Waals surface area contributed by atoms with E-state index in [9.17, 15) is 9.90 Å². The number of rotatable bonds is 7. The normalized spacial score (nSPS) is 14.9. The molecule has 2 aromatic carbocycles. The highest BCUT2D eigenvalue weighted by Gasteiger charge is 2.25. The highest BCUT2D eigenvalue weighted by Crippen LogP contribution is 2.40. The van der Waals surface area contributed by atoms with Crippen molar-refractivity contribution in [3.63, 3.8) is 0 Å². The molecule has 1 fully saturated rings. The van der Waals surface area contributed by atoms with Crippen LogP contribution >= 0.6 is 15.9 Å². The van der Waals surface area contributed by atoms with Crippen molar-refractivity contribution in [2.24, 2.45) is 0 Å². The number of hydrogen-bond donors (Lipinski definition) is 1. The van der Waals surface area contributed by atoms with Crippen molar-refractivity contribution < 1.29 is 24.1 Å². The molecule has 0 bridgehead atoms. The van der Waals surface area contributed by atoms with E-state index in [1.807, 2.05) is 24.3 Å². The molecular formula is C22H24BrNO5. The molecule has 6 nitrogen and oxygen atoms in total. The van der Waals surface area contributed by atoms with Gasteiger partial charge in [0, 0.05) is 30.2 Å². The summed E-state index contributed by atoms with van der Waals surface area (Å²) < 4.78 is 17.2. The Balaban J connectivity index is 1.94. The lowest BCUT2D eigenvalue weighted by Gasteiger charge is -2.28. The van der Waals surface area contributed by atoms with Crippen LogP contribution in [-0.2, 0) is 11.3 Å². The van der Waals surface area contributed by atoms with Gasteiger partial charge in [-0.2, -0.15) is 0 Å². The van der Waals surface area contributed by atoms with Gasteiger partial charge in [0.15, 0.2) is 5.78 Å². The molecule has 0 aliphatic carbocycles. The van der Waals surface area contributed by atoms with Crippen LogP contribution in [0.5, 0.6) is 17.2 Å². The molecule has 1 saturated heterocycles. The topological polar surface area (TPSA) is 68.2 Å². The molecule has 1 heterocycles. The van der Waals surface area contributed by atoms with Crippen molar-refractivity contribution in [1.29, 1.82) is 0 Å². The summed E-state index contributed by atoms with van der Waals surface area (Å²) in [6.45, 7) is 3.24. The third kappa shape index (κ3) is 5.18. The molecule has 0 saturated carbocycles. The third-order valence-electron chi connectivity index (χ3n) is 4.80. The Labute approximate surface area is 178 Å². The standard InChI is InChI=1S/C22H24BrNO5/c1-27-19-13-20(28-2)21(18(25)8-5-15-3-6-16(23)7-4-15)22(26)17(19)14-24-9-11-29-12-10-24/h3-8,13,26H,9-12,14H2,1-2H3. The molecule has 1 aliphatic rings. The van der Waals surface area contributed by atoms with Crippen LogP contribution < -0.4 is 9.47 Å². The number of halogens is 1. The largest absolute Gasteiger partial charge is 0.507 e. The minimum atomic E-state index is -0.340. The summed E-state index contributed by atoms with van der Waals surface area (Å²) in [5.74, 6) is 0.307. The highest BCUT2D eigenvalue weighted by atomic mass is 79.9. The summed E-state index contributed by atoms with van der Waals surface area (Å²) in [4.78, 5) is 15.1. The van der Waals surface area contributed by atoms with Crippen LogP contribution in [0.4, 0.5) is 0 Å². The van der Waals surface area contributed by atoms with E-state index in [0.29, 0.717) is 31.1 Å². The zero-order valence-electron chi connectivity index (χ0n) is 16.5. The monoisotopic (exact) mass is 461 g/mol. The maximum absolute atomic E-state index is 12.9. The molecule has 29 heavy (non-hydrogen) atoms. The maximum atomic E-state index is 12.9. The molecule has 0 unspecified atom stereocenters. The second-order valence-corrected chi connectivity index (χ2v) is 7.54. The predicted molar refractivity (Wildman–Crippen MR) is 115 cm³/mol. The first-order valence-corrected chi connectivity index (χ1v) is 10.1. The molecule has 0 radical (unpaired) electrons. The van der Waals surface area contributed by atoms with Crippen LogP contribution in [0.1, 0.15) is 21.5 Å². The number of phenols is 1. The quantitative estimate of drug-likeness (QED) is 0.498. The van der Waals surface area contributed by atoms with Gasteiger partial charge in [0.1, 0.15) is 22.8 Å². The lowest BCUT2D eigenvalue weighted by Crippen LogP contribution is -2.35. The Hall–Kier alpha value is -2.35. The van der Waals surface area contributed by atoms with Crippen molar-refractivity contribution in [2.45, 2.75) is 6.54 Å². The molecule has 7 heteroatoms. The van der Waals surface area contributed by atoms with Crippen molar-refractivity contribution in [3.8, 4) is 17.2 Å². The minimum Gasteiger partial charge on any atom is -0.507 e. The first-order chi connectivity index (χ1) is 14.0. The third-order valence-corrected chi connectivity index (χ3v) is 5.33. The van der Waals surface area contributed by atoms with Crippen LogP contribution in [0.3, 0.4) is 0 Å². The molecule has 1 aliphatic heterocycles. The number of benzene rings is 2. The number of nitrogens with zero attached hydrogens (tertiary/aromatic N) is 1. The number of hydrogen-bond acceptors (Lipinski definition) is 6. The number of methoxy groups -OCH3 is 2. The Bertz CT molecular complexity index is 889. The number of ether oxygens (including phenoxy) is 3. The molecule has 3 rings (SSSR count). The molecular weight excluding hydrogens is 438 g/mol. The molecule has 0 amide bonds. The molecule has 0 atom stereocenters. The lowest BCUT2D eigenvalue weighted by molar-refractivity contribution is 0.0335. The van der Waals surface area contributed by atoms with E-state index in [0.717, 1.165) is 23.1 Å². The lowest BCUT2D eigenvalue weighted by atomic mass is 10.0. The van der Waals surface area contributed by atoms with E-state index in [4.69, 9.17) is 14.2 Å². The second-order valence-electron chi connectivity index (χ2n) is 6.62. The van der Waals surface area contributed by atoms with Crippen LogP contribution in [0.15, 0.2) is 40.9 Å². The van der Waals surface area contributed by atoms with E-state index in [1.54, 1.807) is 12.1 Å². The Morgan fingerprint density at radius 2 is 1.83 bits per heavy atom. The van der Waals surface area contributed by atoms with Crippen LogP contribution in [0, 0.1) is 0 Å². The van der Waals surface area contributed by atoms with Crippen molar-refractivity contribution in [1.82, 2.24) is 4.90 Å². The average Bonchev–Trinajstić information content (AvgIpc) is 2.75. The number of morpholine rings is 1. The van der Waals surface area contributed by atoms with Gasteiger partial charge in [-0.1, -0.05) is 34.1 Å². The first kappa shape index (κ1) is 21.4. The summed E-state index contributed by atoms with van der Waals surface area (Å²) in [6, 6.07) is 9.23. The number of aromatic hydroxyl groups is 1. The van der Waals surface area contributed by atoms with E-state index in [2.05, 4.69) is 20.8 Å². The second kappa shape index (κ2) is 9.91. The molecule has 1 N–H and O–H groups in total. The highest BCUT2D eigenvalue weighted by molar-refractivity contribution is 9.10. The molecule has 0 spiro atoms. The number of phenolic OH excluding ortho intramolecular Hbond substituents is 1. The van der Waals surface area contributed by atoms with Gasteiger partial charge in [-0.25, -0.2) is 0 Å². The maximum Gasteiger partial charge on any atom is 0.193 e. The van der Waals surface area contributed by atoms with Crippen molar-refractivity contribution in [3.05, 3.63) is 57.6 Å². The SMILES string of the molecule is COc1cc(OC)c(C(=O)C=Cc2ccc(Br)cc2)c(O)c1CN1CCOCC1. The Morgan fingerprint density at radius 3 is 2.45 bits per heavy atom. The Kier molecular flexibility index (Phi) is 7.30. The first-order valence-electron chi connectivity index (χ1n) is 9.28. The smallest absolute Gasteiger partial charge is 0.193 e.